The van der Waals surface area contributed by atoms with Gasteiger partial charge in [-0.2, -0.15) is 0 Å². The van der Waals surface area contributed by atoms with Crippen LogP contribution >= 0.6 is 11.3 Å². The molecular formula is C36H23NO2S. The number of hydrogen-bond acceptors (Lipinski definition) is 3. The van der Waals surface area contributed by atoms with Crippen LogP contribution in [0.25, 0.3) is 80.2 Å². The summed E-state index contributed by atoms with van der Waals surface area (Å²) in [5, 5.41) is 10.2. The van der Waals surface area contributed by atoms with Crippen molar-refractivity contribution in [2.24, 2.45) is 0 Å². The van der Waals surface area contributed by atoms with Gasteiger partial charge < -0.3 is 13.9 Å². The van der Waals surface area contributed by atoms with E-state index in [4.69, 9.17) is 9.47 Å². The van der Waals surface area contributed by atoms with Gasteiger partial charge in [0.1, 0.15) is 11.5 Å². The Labute approximate surface area is 233 Å². The van der Waals surface area contributed by atoms with E-state index in [1.54, 1.807) is 14.2 Å². The molecular weight excluding hydrogens is 510 g/mol. The first-order valence-corrected chi connectivity index (χ1v) is 14.2. The molecule has 40 heavy (non-hydrogen) atoms. The maximum Gasteiger partial charge on any atom is 0.120 e. The van der Waals surface area contributed by atoms with E-state index in [1.165, 1.54) is 80.2 Å². The standard InChI is InChI=1S/C36H23NO2S/c1-38-23-9-11-25-29-15-22(20-6-4-3-5-7-20)16-30-28-14-21-8-13-33-35(26-12-10-24(39-2)18-34(26)40-33)27(21)19-32(28)37(36(29)30)31(25)17-23/h3-19H,1-2H3. The lowest BCUT2D eigenvalue weighted by Crippen LogP contribution is -1.85. The van der Waals surface area contributed by atoms with Gasteiger partial charge >= 0.3 is 0 Å². The summed E-state index contributed by atoms with van der Waals surface area (Å²) in [4.78, 5) is 0. The monoisotopic (exact) mass is 533 g/mol. The molecule has 0 saturated heterocycles. The van der Waals surface area contributed by atoms with Gasteiger partial charge in [-0.25, -0.2) is 0 Å². The number of rotatable bonds is 3. The zero-order valence-corrected chi connectivity index (χ0v) is 22.8. The molecule has 0 aliphatic carbocycles. The first-order chi connectivity index (χ1) is 19.7. The number of aromatic nitrogens is 1. The summed E-state index contributed by atoms with van der Waals surface area (Å²) < 4.78 is 16.2. The average molecular weight is 534 g/mol. The lowest BCUT2D eigenvalue weighted by atomic mass is 9.97. The van der Waals surface area contributed by atoms with E-state index >= 15 is 0 Å². The van der Waals surface area contributed by atoms with Crippen LogP contribution in [0, 0.1) is 0 Å². The summed E-state index contributed by atoms with van der Waals surface area (Å²) in [5.74, 6) is 1.76. The second-order valence-electron chi connectivity index (χ2n) is 10.5. The number of thiophene rings is 1. The number of nitrogens with zero attached hydrogens (tertiary/aromatic N) is 1. The molecule has 6 aromatic carbocycles. The molecule has 0 atom stereocenters. The van der Waals surface area contributed by atoms with Crippen LogP contribution in [0.5, 0.6) is 11.5 Å². The maximum atomic E-state index is 5.68. The molecule has 0 radical (unpaired) electrons. The Balaban J connectivity index is 1.48. The number of methoxy groups -OCH3 is 2. The largest absolute Gasteiger partial charge is 0.497 e. The Morgan fingerprint density at radius 2 is 1.25 bits per heavy atom. The van der Waals surface area contributed by atoms with Gasteiger partial charge in [0.15, 0.2) is 0 Å². The number of fused-ring (bicyclic) bond motifs is 11. The van der Waals surface area contributed by atoms with Crippen LogP contribution in [0.2, 0.25) is 0 Å². The van der Waals surface area contributed by atoms with Gasteiger partial charge in [-0.3, -0.25) is 0 Å². The first kappa shape index (κ1) is 22.1. The molecule has 0 bridgehead atoms. The molecule has 3 nitrogen and oxygen atoms in total. The fourth-order valence-corrected chi connectivity index (χ4v) is 7.80. The molecule has 0 fully saturated rings. The molecule has 0 unspecified atom stereocenters. The molecule has 0 aliphatic rings. The van der Waals surface area contributed by atoms with Crippen molar-refractivity contribution in [1.82, 2.24) is 4.40 Å². The molecule has 190 valence electrons. The lowest BCUT2D eigenvalue weighted by molar-refractivity contribution is 0.415. The summed E-state index contributed by atoms with van der Waals surface area (Å²) in [6, 6.07) is 37.6. The van der Waals surface area contributed by atoms with Gasteiger partial charge in [0.2, 0.25) is 0 Å². The molecule has 0 spiro atoms. The SMILES string of the molecule is COc1ccc2c(c1)sc1ccc3cc4c5cc(-c6ccccc6)cc6c7ccc(OC)cc7n(c4cc3c12)c65. The Kier molecular flexibility index (Phi) is 4.34. The first-order valence-electron chi connectivity index (χ1n) is 13.4. The molecule has 0 aliphatic heterocycles. The van der Waals surface area contributed by atoms with Crippen LogP contribution in [0.1, 0.15) is 0 Å². The van der Waals surface area contributed by atoms with E-state index in [9.17, 15) is 0 Å². The van der Waals surface area contributed by atoms with E-state index < -0.39 is 0 Å². The highest BCUT2D eigenvalue weighted by Crippen LogP contribution is 2.46. The van der Waals surface area contributed by atoms with Crippen molar-refractivity contribution in [2.75, 3.05) is 14.2 Å². The predicted molar refractivity (Wildman–Crippen MR) is 170 cm³/mol. The highest BCUT2D eigenvalue weighted by Gasteiger charge is 2.21. The van der Waals surface area contributed by atoms with Gasteiger partial charge in [0, 0.05) is 47.8 Å². The Morgan fingerprint density at radius 1 is 0.525 bits per heavy atom. The Morgan fingerprint density at radius 3 is 2.05 bits per heavy atom. The van der Waals surface area contributed by atoms with Gasteiger partial charge in [-0.15, -0.1) is 11.3 Å². The lowest BCUT2D eigenvalue weighted by Gasteiger charge is -2.06. The van der Waals surface area contributed by atoms with Crippen LogP contribution in [0.15, 0.2) is 103 Å². The van der Waals surface area contributed by atoms with Crippen molar-refractivity contribution in [3.05, 3.63) is 103 Å². The molecule has 0 N–H and O–H groups in total. The van der Waals surface area contributed by atoms with E-state index in [1.807, 2.05) is 11.3 Å². The molecule has 4 heteroatoms. The normalized spacial score (nSPS) is 12.2. The van der Waals surface area contributed by atoms with Crippen LogP contribution in [0.4, 0.5) is 0 Å². The van der Waals surface area contributed by atoms with Gasteiger partial charge in [0.25, 0.3) is 0 Å². The molecule has 9 rings (SSSR count). The highest BCUT2D eigenvalue weighted by molar-refractivity contribution is 7.26. The van der Waals surface area contributed by atoms with Crippen LogP contribution in [0.3, 0.4) is 0 Å². The van der Waals surface area contributed by atoms with Crippen LogP contribution in [-0.4, -0.2) is 18.6 Å². The second-order valence-corrected chi connectivity index (χ2v) is 11.6. The minimum absolute atomic E-state index is 0.866. The third-order valence-electron chi connectivity index (χ3n) is 8.48. The van der Waals surface area contributed by atoms with Crippen LogP contribution in [-0.2, 0) is 0 Å². The van der Waals surface area contributed by atoms with Crippen molar-refractivity contribution >= 4 is 80.4 Å². The van der Waals surface area contributed by atoms with Gasteiger partial charge in [0.05, 0.1) is 30.8 Å². The summed E-state index contributed by atoms with van der Waals surface area (Å²) in [7, 11) is 3.47. The quantitative estimate of drug-likeness (QED) is 0.225. The van der Waals surface area contributed by atoms with E-state index in [-0.39, 0.29) is 0 Å². The maximum absolute atomic E-state index is 5.68. The van der Waals surface area contributed by atoms with Crippen molar-refractivity contribution in [1.29, 1.82) is 0 Å². The minimum Gasteiger partial charge on any atom is -0.497 e. The number of ether oxygens (including phenoxy) is 2. The highest BCUT2D eigenvalue weighted by atomic mass is 32.1. The van der Waals surface area contributed by atoms with E-state index in [0.717, 1.165) is 11.5 Å². The Bertz CT molecular complexity index is 2450. The summed E-state index contributed by atoms with van der Waals surface area (Å²) >= 11 is 1.83. The van der Waals surface area contributed by atoms with Gasteiger partial charge in [-0.05, 0) is 82.6 Å². The van der Waals surface area contributed by atoms with E-state index in [2.05, 4.69) is 108 Å². The van der Waals surface area contributed by atoms with Crippen molar-refractivity contribution < 1.29 is 9.47 Å². The number of hydrogen-bond donors (Lipinski definition) is 0. The van der Waals surface area contributed by atoms with Crippen molar-refractivity contribution in [3.63, 3.8) is 0 Å². The van der Waals surface area contributed by atoms with Crippen molar-refractivity contribution in [2.45, 2.75) is 0 Å². The zero-order chi connectivity index (χ0) is 26.5. The van der Waals surface area contributed by atoms with E-state index in [0.29, 0.717) is 0 Å². The third-order valence-corrected chi connectivity index (χ3v) is 9.60. The number of benzene rings is 6. The molecule has 0 saturated carbocycles. The van der Waals surface area contributed by atoms with Crippen LogP contribution < -0.4 is 9.47 Å². The summed E-state index contributed by atoms with van der Waals surface area (Å²) in [6.45, 7) is 0. The smallest absolute Gasteiger partial charge is 0.120 e. The molecule has 9 aromatic rings. The fraction of sp³-hybridized carbons (Fsp3) is 0.0556. The topological polar surface area (TPSA) is 22.9 Å². The molecule has 3 heterocycles. The van der Waals surface area contributed by atoms with Crippen molar-refractivity contribution in [3.8, 4) is 22.6 Å². The molecule has 3 aromatic heterocycles. The predicted octanol–water partition coefficient (Wildman–Crippen LogP) is 10.0. The summed E-state index contributed by atoms with van der Waals surface area (Å²) in [6.07, 6.45) is 0. The zero-order valence-electron chi connectivity index (χ0n) is 22.0. The minimum atomic E-state index is 0.866. The Hall–Kier alpha value is -4.80. The third kappa shape index (κ3) is 2.83. The van der Waals surface area contributed by atoms with Gasteiger partial charge in [-0.1, -0.05) is 36.4 Å². The average Bonchev–Trinajstić information content (AvgIpc) is 3.65. The molecule has 0 amide bonds. The second kappa shape index (κ2) is 7.87. The summed E-state index contributed by atoms with van der Waals surface area (Å²) in [5.41, 5.74) is 6.13. The fourth-order valence-electron chi connectivity index (χ4n) is 6.65.